The largest absolute Gasteiger partial charge is 0.394 e. The number of H-pyrrole nitrogens is 1. The summed E-state index contributed by atoms with van der Waals surface area (Å²) in [7, 11) is 0. The first-order chi connectivity index (χ1) is 8.45. The lowest BCUT2D eigenvalue weighted by Gasteiger charge is -2.18. The number of aliphatic hydroxyl groups excluding tert-OH is 3. The highest BCUT2D eigenvalue weighted by Gasteiger charge is 2.44. The van der Waals surface area contributed by atoms with E-state index in [0.717, 1.165) is 10.6 Å². The number of aromatic amines is 1. The molecule has 1 aromatic heterocycles. The minimum absolute atomic E-state index is 0.210. The molecule has 2 unspecified atom stereocenters. The molecule has 0 aliphatic carbocycles. The Hall–Kier alpha value is -1.68. The van der Waals surface area contributed by atoms with Gasteiger partial charge in [-0.15, -0.1) is 0 Å². The van der Waals surface area contributed by atoms with Crippen LogP contribution in [0.15, 0.2) is 15.7 Å². The van der Waals surface area contributed by atoms with Crippen LogP contribution in [0.5, 0.6) is 0 Å². The van der Waals surface area contributed by atoms with Crippen molar-refractivity contribution in [3.63, 3.8) is 0 Å². The number of rotatable bonds is 2. The average Bonchev–Trinajstić information content (AvgIpc) is 2.56. The number of nitrogens with zero attached hydrogens (tertiary/aromatic N) is 1. The monoisotopic (exact) mass is 259 g/mol. The van der Waals surface area contributed by atoms with Crippen molar-refractivity contribution < 1.29 is 20.1 Å². The van der Waals surface area contributed by atoms with Crippen LogP contribution in [0.25, 0.3) is 0 Å². The van der Waals surface area contributed by atoms with Gasteiger partial charge in [0.25, 0.3) is 5.56 Å². The van der Waals surface area contributed by atoms with E-state index in [2.05, 4.69) is 0 Å². The third kappa shape index (κ3) is 1.93. The van der Waals surface area contributed by atoms with Gasteiger partial charge in [-0.25, -0.2) is 4.79 Å². The Morgan fingerprint density at radius 1 is 1.39 bits per heavy atom. The second-order valence-corrected chi connectivity index (χ2v) is 3.96. The number of aromatic nitrogens is 2. The van der Waals surface area contributed by atoms with Crippen LogP contribution in [0.1, 0.15) is 6.23 Å². The lowest BCUT2D eigenvalue weighted by Crippen LogP contribution is -2.39. The summed E-state index contributed by atoms with van der Waals surface area (Å²) in [5, 5.41) is 28.2. The van der Waals surface area contributed by atoms with Gasteiger partial charge in [0, 0.05) is 6.07 Å². The first-order valence-electron chi connectivity index (χ1n) is 5.19. The minimum atomic E-state index is -1.44. The predicted octanol–water partition coefficient (Wildman–Crippen LogP) is -3.27. The zero-order chi connectivity index (χ0) is 13.4. The Morgan fingerprint density at radius 2 is 2.06 bits per heavy atom. The molecule has 9 nitrogen and oxygen atoms in total. The molecular formula is C9H13N3O6. The summed E-state index contributed by atoms with van der Waals surface area (Å²) in [5.41, 5.74) is 3.96. The molecule has 0 spiro atoms. The summed E-state index contributed by atoms with van der Waals surface area (Å²) in [6, 6.07) is 0.954. The molecule has 6 N–H and O–H groups in total. The van der Waals surface area contributed by atoms with Crippen LogP contribution in [0, 0.1) is 0 Å². The number of nitrogens with two attached hydrogens (primary N) is 1. The molecule has 0 amide bonds. The zero-order valence-electron chi connectivity index (χ0n) is 9.18. The average molecular weight is 259 g/mol. The maximum absolute atomic E-state index is 11.6. The number of hydrogen-bond acceptors (Lipinski definition) is 7. The van der Waals surface area contributed by atoms with Gasteiger partial charge in [0.1, 0.15) is 24.1 Å². The van der Waals surface area contributed by atoms with E-state index in [-0.39, 0.29) is 5.82 Å². The van der Waals surface area contributed by atoms with E-state index in [1.807, 2.05) is 4.98 Å². The summed E-state index contributed by atoms with van der Waals surface area (Å²) in [6.45, 7) is -0.521. The predicted molar refractivity (Wildman–Crippen MR) is 58.7 cm³/mol. The smallest absolute Gasteiger partial charge is 0.332 e. The minimum Gasteiger partial charge on any atom is -0.394 e. The number of aliphatic hydroxyl groups is 3. The Bertz CT molecular complexity index is 552. The highest BCUT2D eigenvalue weighted by Crippen LogP contribution is 2.29. The summed E-state index contributed by atoms with van der Waals surface area (Å²) in [6.07, 6.45) is -5.07. The van der Waals surface area contributed by atoms with E-state index in [9.17, 15) is 19.8 Å². The molecule has 4 atom stereocenters. The van der Waals surface area contributed by atoms with E-state index in [4.69, 9.17) is 15.6 Å². The Labute approximate surface area is 100 Å². The van der Waals surface area contributed by atoms with Gasteiger partial charge < -0.3 is 25.8 Å². The SMILES string of the molecule is Nc1cc(=O)[nH]c(=O)n1[C@H]1O[C@@H](CO)C(O)C1O. The van der Waals surface area contributed by atoms with Crippen LogP contribution >= 0.6 is 0 Å². The molecule has 0 radical (unpaired) electrons. The Kier molecular flexibility index (Phi) is 3.22. The van der Waals surface area contributed by atoms with Crippen LogP contribution in [0.4, 0.5) is 5.82 Å². The van der Waals surface area contributed by atoms with Crippen molar-refractivity contribution in [2.24, 2.45) is 0 Å². The second kappa shape index (κ2) is 4.53. The molecule has 100 valence electrons. The number of ether oxygens (including phenoxy) is 1. The number of anilines is 1. The summed E-state index contributed by atoms with van der Waals surface area (Å²) >= 11 is 0. The van der Waals surface area contributed by atoms with Crippen LogP contribution in [-0.4, -0.2) is 49.8 Å². The molecule has 0 saturated carbocycles. The van der Waals surface area contributed by atoms with Crippen molar-refractivity contribution in [3.8, 4) is 0 Å². The summed E-state index contributed by atoms with van der Waals surface area (Å²) in [4.78, 5) is 24.6. The fourth-order valence-electron chi connectivity index (χ4n) is 1.88. The molecule has 1 aliphatic rings. The van der Waals surface area contributed by atoms with Gasteiger partial charge in [-0.2, -0.15) is 0 Å². The molecule has 1 fully saturated rings. The van der Waals surface area contributed by atoms with Gasteiger partial charge in [-0.3, -0.25) is 14.3 Å². The second-order valence-electron chi connectivity index (χ2n) is 3.96. The van der Waals surface area contributed by atoms with Crippen molar-refractivity contribution in [2.45, 2.75) is 24.5 Å². The molecule has 1 aliphatic heterocycles. The van der Waals surface area contributed by atoms with Crippen molar-refractivity contribution in [2.75, 3.05) is 12.3 Å². The quantitative estimate of drug-likeness (QED) is 0.373. The number of nitrogen functional groups attached to an aromatic ring is 1. The van der Waals surface area contributed by atoms with Gasteiger partial charge in [0.05, 0.1) is 6.61 Å². The molecular weight excluding hydrogens is 246 g/mol. The number of nitrogens with one attached hydrogen (secondary N) is 1. The van der Waals surface area contributed by atoms with E-state index >= 15 is 0 Å². The zero-order valence-corrected chi connectivity index (χ0v) is 9.18. The van der Waals surface area contributed by atoms with E-state index in [1.165, 1.54) is 0 Å². The van der Waals surface area contributed by atoms with Crippen molar-refractivity contribution in [1.82, 2.24) is 9.55 Å². The highest BCUT2D eigenvalue weighted by atomic mass is 16.6. The Morgan fingerprint density at radius 3 is 2.56 bits per heavy atom. The molecule has 0 bridgehead atoms. The van der Waals surface area contributed by atoms with Crippen LogP contribution in [0.2, 0.25) is 0 Å². The summed E-state index contributed by atoms with van der Waals surface area (Å²) in [5.74, 6) is -0.210. The topological polar surface area (TPSA) is 151 Å². The maximum Gasteiger partial charge on any atom is 0.332 e. The van der Waals surface area contributed by atoms with Crippen molar-refractivity contribution >= 4 is 5.82 Å². The molecule has 9 heteroatoms. The van der Waals surface area contributed by atoms with Crippen LogP contribution in [0.3, 0.4) is 0 Å². The van der Waals surface area contributed by atoms with Crippen LogP contribution < -0.4 is 17.0 Å². The van der Waals surface area contributed by atoms with E-state index in [1.54, 1.807) is 0 Å². The molecule has 0 aromatic carbocycles. The number of hydrogen-bond donors (Lipinski definition) is 5. The first-order valence-corrected chi connectivity index (χ1v) is 5.19. The van der Waals surface area contributed by atoms with Gasteiger partial charge in [0.2, 0.25) is 0 Å². The van der Waals surface area contributed by atoms with Crippen molar-refractivity contribution in [3.05, 3.63) is 26.9 Å². The van der Waals surface area contributed by atoms with E-state index < -0.39 is 42.4 Å². The standard InChI is InChI=1S/C9H13N3O6/c10-4-1-5(14)11-9(17)12(4)8-7(16)6(15)3(2-13)18-8/h1,3,6-8,13,15-16H,2,10H2,(H,11,14,17)/t3-,6?,7?,8-/m0/s1. The van der Waals surface area contributed by atoms with Gasteiger partial charge in [-0.05, 0) is 0 Å². The lowest BCUT2D eigenvalue weighted by molar-refractivity contribution is -0.0538. The lowest BCUT2D eigenvalue weighted by atomic mass is 10.1. The van der Waals surface area contributed by atoms with E-state index in [0.29, 0.717) is 0 Å². The third-order valence-corrected chi connectivity index (χ3v) is 2.78. The van der Waals surface area contributed by atoms with Gasteiger partial charge in [-0.1, -0.05) is 0 Å². The van der Waals surface area contributed by atoms with Crippen LogP contribution in [-0.2, 0) is 4.74 Å². The normalized spacial score (nSPS) is 31.7. The molecule has 1 aromatic rings. The fraction of sp³-hybridized carbons (Fsp3) is 0.556. The molecule has 18 heavy (non-hydrogen) atoms. The maximum atomic E-state index is 11.6. The van der Waals surface area contributed by atoms with Gasteiger partial charge >= 0.3 is 5.69 Å². The van der Waals surface area contributed by atoms with Gasteiger partial charge in [0.15, 0.2) is 6.23 Å². The molecule has 1 saturated heterocycles. The molecule has 2 heterocycles. The molecule has 2 rings (SSSR count). The fourth-order valence-corrected chi connectivity index (χ4v) is 1.88. The Balaban J connectivity index is 2.45. The third-order valence-electron chi connectivity index (χ3n) is 2.78. The first kappa shape index (κ1) is 12.8. The van der Waals surface area contributed by atoms with Crippen molar-refractivity contribution in [1.29, 1.82) is 0 Å². The summed E-state index contributed by atoms with van der Waals surface area (Å²) < 4.78 is 5.94. The highest BCUT2D eigenvalue weighted by molar-refractivity contribution is 5.27.